The molecule has 10 nitrogen and oxygen atoms in total. The Morgan fingerprint density at radius 1 is 1.30 bits per heavy atom. The molecular weight excluding hydrogens is 434 g/mol. The number of carbonyl (C=O) groups is 1. The normalized spacial score (nSPS) is 16.6. The topological polar surface area (TPSA) is 101 Å². The molecule has 1 unspecified atom stereocenters. The standard InChI is InChI=1S/C21H26F2N8O2/c1-12(32)25-17-8-15-14(10-24-17)19(30-7-6-13(11-30)29(3)4)28-31(15)20-26-16(21(2,22)23)9-18(27-20)33-5/h8-10,13H,6-7,11H2,1-5H3,(H,24,25,32). The van der Waals surface area contributed by atoms with Gasteiger partial charge < -0.3 is 19.9 Å². The molecule has 1 N–H and O–H groups in total. The van der Waals surface area contributed by atoms with Gasteiger partial charge in [-0.2, -0.15) is 18.4 Å². The van der Waals surface area contributed by atoms with Crippen LogP contribution in [-0.2, 0) is 10.7 Å². The molecule has 3 aromatic rings. The lowest BCUT2D eigenvalue weighted by Gasteiger charge is -2.20. The molecule has 1 aliphatic rings. The number of aromatic nitrogens is 5. The minimum Gasteiger partial charge on any atom is -0.481 e. The molecule has 0 aromatic carbocycles. The highest BCUT2D eigenvalue weighted by atomic mass is 19.3. The van der Waals surface area contributed by atoms with E-state index in [-0.39, 0.29) is 17.7 Å². The lowest BCUT2D eigenvalue weighted by atomic mass is 10.2. The van der Waals surface area contributed by atoms with Crippen molar-refractivity contribution in [1.82, 2.24) is 29.6 Å². The average Bonchev–Trinajstić information content (AvgIpc) is 3.37. The van der Waals surface area contributed by atoms with E-state index in [0.29, 0.717) is 28.6 Å². The maximum Gasteiger partial charge on any atom is 0.287 e. The molecule has 1 aliphatic heterocycles. The second-order valence-corrected chi connectivity index (χ2v) is 8.34. The Bertz CT molecular complexity index is 1190. The van der Waals surface area contributed by atoms with E-state index in [9.17, 15) is 13.6 Å². The molecular formula is C21H26F2N8O2. The number of hydrogen-bond donors (Lipinski definition) is 1. The molecule has 1 fully saturated rings. The zero-order chi connectivity index (χ0) is 23.9. The Morgan fingerprint density at radius 2 is 2.06 bits per heavy atom. The number of likely N-dealkylation sites (N-methyl/N-ethyl adjacent to an activating group) is 1. The number of nitrogens with zero attached hydrogens (tertiary/aromatic N) is 7. The summed E-state index contributed by atoms with van der Waals surface area (Å²) in [6.45, 7) is 3.67. The molecule has 4 rings (SSSR count). The summed E-state index contributed by atoms with van der Waals surface area (Å²) in [6.07, 6.45) is 2.57. The zero-order valence-electron chi connectivity index (χ0n) is 19.1. The van der Waals surface area contributed by atoms with Crippen LogP contribution in [-0.4, -0.2) is 75.9 Å². The first-order valence-electron chi connectivity index (χ1n) is 10.5. The zero-order valence-corrected chi connectivity index (χ0v) is 19.1. The second-order valence-electron chi connectivity index (χ2n) is 8.34. The van der Waals surface area contributed by atoms with Gasteiger partial charge in [0.25, 0.3) is 11.9 Å². The van der Waals surface area contributed by atoms with Crippen LogP contribution in [0.15, 0.2) is 18.3 Å². The molecule has 1 amide bonds. The van der Waals surface area contributed by atoms with E-state index >= 15 is 0 Å². The van der Waals surface area contributed by atoms with Crippen LogP contribution in [0.1, 0.15) is 26.0 Å². The molecule has 12 heteroatoms. The van der Waals surface area contributed by atoms with E-state index in [1.165, 1.54) is 18.7 Å². The number of halogens is 2. The Balaban J connectivity index is 1.89. The third-order valence-corrected chi connectivity index (χ3v) is 5.58. The van der Waals surface area contributed by atoms with Gasteiger partial charge in [-0.15, -0.1) is 5.10 Å². The van der Waals surface area contributed by atoms with Crippen LogP contribution in [0.5, 0.6) is 5.88 Å². The number of pyridine rings is 1. The molecule has 33 heavy (non-hydrogen) atoms. The molecule has 3 aromatic heterocycles. The summed E-state index contributed by atoms with van der Waals surface area (Å²) in [7, 11) is 5.41. The summed E-state index contributed by atoms with van der Waals surface area (Å²) < 4.78 is 34.7. The van der Waals surface area contributed by atoms with Gasteiger partial charge in [0.1, 0.15) is 11.5 Å². The average molecular weight is 460 g/mol. The first-order valence-corrected chi connectivity index (χ1v) is 10.5. The van der Waals surface area contributed by atoms with Crippen LogP contribution in [0.3, 0.4) is 0 Å². The van der Waals surface area contributed by atoms with E-state index in [4.69, 9.17) is 9.84 Å². The van der Waals surface area contributed by atoms with Crippen LogP contribution in [0.2, 0.25) is 0 Å². The fraction of sp³-hybridized carbons (Fsp3) is 0.476. The number of nitrogens with one attached hydrogen (secondary N) is 1. The van der Waals surface area contributed by atoms with E-state index in [1.807, 2.05) is 14.1 Å². The second kappa shape index (κ2) is 8.50. The molecule has 0 bridgehead atoms. The number of carbonyl (C=O) groups excluding carboxylic acids is 1. The molecule has 0 saturated carbocycles. The van der Waals surface area contributed by atoms with E-state index in [1.54, 1.807) is 12.3 Å². The van der Waals surface area contributed by atoms with Gasteiger partial charge in [-0.3, -0.25) is 4.79 Å². The minimum absolute atomic E-state index is 0.00768. The molecule has 1 saturated heterocycles. The van der Waals surface area contributed by atoms with Gasteiger partial charge in [0, 0.05) is 51.3 Å². The number of anilines is 2. The lowest BCUT2D eigenvalue weighted by molar-refractivity contribution is -0.114. The van der Waals surface area contributed by atoms with Crippen molar-refractivity contribution in [3.8, 4) is 11.8 Å². The van der Waals surface area contributed by atoms with Crippen molar-refractivity contribution in [3.63, 3.8) is 0 Å². The summed E-state index contributed by atoms with van der Waals surface area (Å²) in [5, 5.41) is 8.03. The number of fused-ring (bicyclic) bond motifs is 1. The highest BCUT2D eigenvalue weighted by molar-refractivity contribution is 5.95. The summed E-state index contributed by atoms with van der Waals surface area (Å²) >= 11 is 0. The third-order valence-electron chi connectivity index (χ3n) is 5.58. The maximum atomic E-state index is 14.1. The number of alkyl halides is 2. The largest absolute Gasteiger partial charge is 0.481 e. The minimum atomic E-state index is -3.20. The summed E-state index contributed by atoms with van der Waals surface area (Å²) in [4.78, 5) is 28.5. The Kier molecular flexibility index (Phi) is 5.87. The van der Waals surface area contributed by atoms with Crippen molar-refractivity contribution in [2.45, 2.75) is 32.2 Å². The smallest absolute Gasteiger partial charge is 0.287 e. The van der Waals surface area contributed by atoms with E-state index < -0.39 is 11.6 Å². The Labute approximate surface area is 189 Å². The third kappa shape index (κ3) is 4.56. The summed E-state index contributed by atoms with van der Waals surface area (Å²) in [6, 6.07) is 3.08. The number of rotatable bonds is 6. The van der Waals surface area contributed by atoms with Gasteiger partial charge in [0.2, 0.25) is 11.8 Å². The Morgan fingerprint density at radius 3 is 2.67 bits per heavy atom. The van der Waals surface area contributed by atoms with Crippen molar-refractivity contribution < 1.29 is 18.3 Å². The first kappa shape index (κ1) is 22.8. The van der Waals surface area contributed by atoms with Crippen molar-refractivity contribution in [2.75, 3.05) is 44.5 Å². The van der Waals surface area contributed by atoms with Crippen molar-refractivity contribution in [1.29, 1.82) is 0 Å². The van der Waals surface area contributed by atoms with E-state index in [0.717, 1.165) is 32.5 Å². The predicted molar refractivity (Wildman–Crippen MR) is 119 cm³/mol. The van der Waals surface area contributed by atoms with Crippen LogP contribution < -0.4 is 15.0 Å². The fourth-order valence-electron chi connectivity index (χ4n) is 3.82. The van der Waals surface area contributed by atoms with Gasteiger partial charge in [0.05, 0.1) is 18.0 Å². The number of hydrogen-bond acceptors (Lipinski definition) is 8. The van der Waals surface area contributed by atoms with Gasteiger partial charge in [-0.25, -0.2) is 9.97 Å². The van der Waals surface area contributed by atoms with Crippen molar-refractivity contribution in [2.24, 2.45) is 0 Å². The molecule has 0 aliphatic carbocycles. The molecule has 0 spiro atoms. The van der Waals surface area contributed by atoms with Crippen molar-refractivity contribution >= 4 is 28.4 Å². The highest BCUT2D eigenvalue weighted by Gasteiger charge is 2.31. The molecule has 176 valence electrons. The molecule has 0 radical (unpaired) electrons. The van der Waals surface area contributed by atoms with Gasteiger partial charge >= 0.3 is 0 Å². The van der Waals surface area contributed by atoms with Crippen LogP contribution >= 0.6 is 0 Å². The number of ether oxygens (including phenoxy) is 1. The van der Waals surface area contributed by atoms with Crippen LogP contribution in [0, 0.1) is 0 Å². The summed E-state index contributed by atoms with van der Waals surface area (Å²) in [5.74, 6) is -2.61. The molecule has 4 heterocycles. The Hall–Kier alpha value is -3.41. The van der Waals surface area contributed by atoms with Gasteiger partial charge in [-0.1, -0.05) is 0 Å². The maximum absolute atomic E-state index is 14.1. The lowest BCUT2D eigenvalue weighted by Crippen LogP contribution is -2.31. The summed E-state index contributed by atoms with van der Waals surface area (Å²) in [5.41, 5.74) is 0.0372. The van der Waals surface area contributed by atoms with Gasteiger partial charge in [0.15, 0.2) is 5.82 Å². The van der Waals surface area contributed by atoms with E-state index in [2.05, 4.69) is 30.1 Å². The fourth-order valence-corrected chi connectivity index (χ4v) is 3.82. The first-order chi connectivity index (χ1) is 15.6. The number of amides is 1. The predicted octanol–water partition coefficient (Wildman–Crippen LogP) is 2.43. The van der Waals surface area contributed by atoms with Gasteiger partial charge in [-0.05, 0) is 20.5 Å². The van der Waals surface area contributed by atoms with Crippen molar-refractivity contribution in [3.05, 3.63) is 24.0 Å². The number of methoxy groups -OCH3 is 1. The van der Waals surface area contributed by atoms with Crippen LogP contribution in [0.25, 0.3) is 16.9 Å². The van der Waals surface area contributed by atoms with Crippen LogP contribution in [0.4, 0.5) is 20.4 Å². The molecule has 1 atom stereocenters. The monoisotopic (exact) mass is 460 g/mol. The highest BCUT2D eigenvalue weighted by Crippen LogP contribution is 2.33. The quantitative estimate of drug-likeness (QED) is 0.599. The SMILES string of the molecule is COc1cc(C(C)(F)F)nc(-n2nc(N3CCC(N(C)C)C3)c3cnc(NC(C)=O)cc32)n1.